The summed E-state index contributed by atoms with van der Waals surface area (Å²) in [5.41, 5.74) is 1.75. The number of halogens is 2. The normalized spacial score (nSPS) is 13.7. The van der Waals surface area contributed by atoms with E-state index < -0.39 is 17.4 Å². The Hall–Kier alpha value is -3.59. The minimum atomic E-state index is -1.37. The molecule has 1 aliphatic heterocycles. The number of piperidine rings is 1. The predicted octanol–water partition coefficient (Wildman–Crippen LogP) is 5.95. The Labute approximate surface area is 256 Å². The molecule has 4 rings (SSSR count). The summed E-state index contributed by atoms with van der Waals surface area (Å²) in [6, 6.07) is 19.7. The van der Waals surface area contributed by atoms with Gasteiger partial charge in [-0.25, -0.2) is 0 Å². The molecule has 3 aromatic carbocycles. The molecule has 0 saturated carbocycles. The molecule has 0 unspecified atom stereocenters. The van der Waals surface area contributed by atoms with Crippen molar-refractivity contribution in [2.75, 3.05) is 37.4 Å². The second kappa shape index (κ2) is 14.5. The van der Waals surface area contributed by atoms with Crippen LogP contribution in [0, 0.1) is 0 Å². The highest BCUT2D eigenvalue weighted by molar-refractivity contribution is 6.30. The van der Waals surface area contributed by atoms with Gasteiger partial charge in [0.15, 0.2) is 0 Å². The Bertz CT molecular complexity index is 1340. The van der Waals surface area contributed by atoms with E-state index in [9.17, 15) is 14.4 Å². The number of rotatable bonds is 11. The van der Waals surface area contributed by atoms with Crippen molar-refractivity contribution in [3.63, 3.8) is 0 Å². The van der Waals surface area contributed by atoms with Gasteiger partial charge >= 0.3 is 11.9 Å². The monoisotopic (exact) mass is 611 g/mol. The van der Waals surface area contributed by atoms with Crippen LogP contribution >= 0.6 is 23.2 Å². The first-order chi connectivity index (χ1) is 20.3. The molecule has 0 radical (unpaired) electrons. The molecular weight excluding hydrogens is 577 g/mol. The van der Waals surface area contributed by atoms with Crippen LogP contribution in [0.5, 0.6) is 0 Å². The highest BCUT2D eigenvalue weighted by Crippen LogP contribution is 2.43. The van der Waals surface area contributed by atoms with E-state index in [1.54, 1.807) is 67.6 Å². The van der Waals surface area contributed by atoms with Crippen LogP contribution in [0.2, 0.25) is 10.0 Å². The molecule has 8 nitrogen and oxygen atoms in total. The standard InChI is InChI=1S/C32H35Cl2N3O5/c1-3-42-30(39)15-14-29(38)37-27-13-8-23(20-28(27)36-26-16-18-35-19-17-26)32(31(40)41-2,21-4-9-24(33)10-5-21)22-6-11-25(34)12-7-22/h4-13,20,26,35-36H,3,14-19H2,1-2H3,(H,37,38). The Balaban J connectivity index is 1.83. The molecule has 0 aliphatic carbocycles. The van der Waals surface area contributed by atoms with Crippen molar-refractivity contribution in [3.05, 3.63) is 93.5 Å². The maximum atomic E-state index is 13.9. The van der Waals surface area contributed by atoms with E-state index in [4.69, 9.17) is 32.7 Å². The molecular formula is C32H35Cl2N3O5. The summed E-state index contributed by atoms with van der Waals surface area (Å²) in [6.45, 7) is 3.70. The summed E-state index contributed by atoms with van der Waals surface area (Å²) in [4.78, 5) is 38.6. The van der Waals surface area contributed by atoms with E-state index in [2.05, 4.69) is 16.0 Å². The summed E-state index contributed by atoms with van der Waals surface area (Å²) >= 11 is 12.5. The van der Waals surface area contributed by atoms with Crippen molar-refractivity contribution in [1.29, 1.82) is 0 Å². The van der Waals surface area contributed by atoms with Gasteiger partial charge in [0.25, 0.3) is 0 Å². The number of anilines is 2. The van der Waals surface area contributed by atoms with Crippen LogP contribution in [0.1, 0.15) is 49.3 Å². The first kappa shape index (κ1) is 31.3. The van der Waals surface area contributed by atoms with Gasteiger partial charge < -0.3 is 25.4 Å². The molecule has 10 heteroatoms. The highest BCUT2D eigenvalue weighted by atomic mass is 35.5. The van der Waals surface area contributed by atoms with Gasteiger partial charge in [-0.2, -0.15) is 0 Å². The second-order valence-corrected chi connectivity index (χ2v) is 10.9. The van der Waals surface area contributed by atoms with Gasteiger partial charge in [0.1, 0.15) is 5.41 Å². The van der Waals surface area contributed by atoms with Crippen LogP contribution in [-0.4, -0.2) is 50.7 Å². The van der Waals surface area contributed by atoms with Crippen molar-refractivity contribution in [1.82, 2.24) is 5.32 Å². The van der Waals surface area contributed by atoms with Crippen LogP contribution in [0.15, 0.2) is 66.7 Å². The number of methoxy groups -OCH3 is 1. The van der Waals surface area contributed by atoms with Crippen LogP contribution in [-0.2, 0) is 29.3 Å². The lowest BCUT2D eigenvalue weighted by Crippen LogP contribution is -2.40. The van der Waals surface area contributed by atoms with Gasteiger partial charge in [-0.05, 0) is 85.9 Å². The third-order valence-electron chi connectivity index (χ3n) is 7.33. The average Bonchev–Trinajstić information content (AvgIpc) is 3.00. The summed E-state index contributed by atoms with van der Waals surface area (Å²) in [5.74, 6) is -1.24. The second-order valence-electron chi connectivity index (χ2n) is 10.0. The summed E-state index contributed by atoms with van der Waals surface area (Å²) < 4.78 is 10.4. The third-order valence-corrected chi connectivity index (χ3v) is 7.84. The summed E-state index contributed by atoms with van der Waals surface area (Å²) in [7, 11) is 1.36. The van der Waals surface area contributed by atoms with E-state index >= 15 is 0 Å². The summed E-state index contributed by atoms with van der Waals surface area (Å²) in [5, 5.41) is 10.9. The van der Waals surface area contributed by atoms with Crippen molar-refractivity contribution < 1.29 is 23.9 Å². The highest BCUT2D eigenvalue weighted by Gasteiger charge is 2.45. The van der Waals surface area contributed by atoms with Crippen molar-refractivity contribution >= 4 is 52.4 Å². The van der Waals surface area contributed by atoms with Gasteiger partial charge in [-0.15, -0.1) is 0 Å². The zero-order valence-electron chi connectivity index (χ0n) is 23.7. The SMILES string of the molecule is CCOC(=O)CCC(=O)Nc1ccc(C(C(=O)OC)(c2ccc(Cl)cc2)c2ccc(Cl)cc2)cc1NC1CCNCC1. The Morgan fingerprint density at radius 3 is 1.98 bits per heavy atom. The molecule has 0 spiro atoms. The largest absolute Gasteiger partial charge is 0.468 e. The van der Waals surface area contributed by atoms with Crippen LogP contribution in [0.3, 0.4) is 0 Å². The maximum Gasteiger partial charge on any atom is 0.325 e. The number of carbonyl (C=O) groups is 3. The molecule has 3 aromatic rings. The summed E-state index contributed by atoms with van der Waals surface area (Å²) in [6.07, 6.45) is 1.73. The lowest BCUT2D eigenvalue weighted by molar-refractivity contribution is -0.145. The minimum absolute atomic E-state index is 0.0188. The molecule has 0 atom stereocenters. The molecule has 1 fully saturated rings. The third kappa shape index (κ3) is 7.24. The molecule has 42 heavy (non-hydrogen) atoms. The van der Waals surface area contributed by atoms with E-state index in [-0.39, 0.29) is 31.4 Å². The number of carbonyl (C=O) groups excluding carboxylic acids is 3. The Kier molecular flexibility index (Phi) is 10.8. The molecule has 3 N–H and O–H groups in total. The maximum absolute atomic E-state index is 13.9. The molecule has 0 aromatic heterocycles. The fourth-order valence-corrected chi connectivity index (χ4v) is 5.51. The topological polar surface area (TPSA) is 106 Å². The zero-order valence-corrected chi connectivity index (χ0v) is 25.2. The zero-order chi connectivity index (χ0) is 30.1. The Morgan fingerprint density at radius 2 is 1.43 bits per heavy atom. The fraction of sp³-hybridized carbons (Fsp3) is 0.344. The van der Waals surface area contributed by atoms with Crippen LogP contribution < -0.4 is 16.0 Å². The lowest BCUT2D eigenvalue weighted by Gasteiger charge is -2.34. The fourth-order valence-electron chi connectivity index (χ4n) is 5.26. The van der Waals surface area contributed by atoms with Crippen molar-refractivity contribution in [3.8, 4) is 0 Å². The molecule has 222 valence electrons. The lowest BCUT2D eigenvalue weighted by atomic mass is 9.69. The number of ether oxygens (including phenoxy) is 2. The van der Waals surface area contributed by atoms with Gasteiger partial charge in [-0.1, -0.05) is 53.5 Å². The number of hydrogen-bond donors (Lipinski definition) is 3. The first-order valence-corrected chi connectivity index (χ1v) is 14.7. The minimum Gasteiger partial charge on any atom is -0.468 e. The first-order valence-electron chi connectivity index (χ1n) is 14.0. The number of nitrogens with one attached hydrogen (secondary N) is 3. The number of hydrogen-bond acceptors (Lipinski definition) is 7. The van der Waals surface area contributed by atoms with E-state index in [1.807, 2.05) is 6.07 Å². The van der Waals surface area contributed by atoms with E-state index in [0.717, 1.165) is 25.9 Å². The van der Waals surface area contributed by atoms with Gasteiger partial charge in [0.05, 0.1) is 31.5 Å². The smallest absolute Gasteiger partial charge is 0.325 e. The molecule has 0 bridgehead atoms. The average molecular weight is 613 g/mol. The molecule has 1 heterocycles. The van der Waals surface area contributed by atoms with Crippen molar-refractivity contribution in [2.24, 2.45) is 0 Å². The van der Waals surface area contributed by atoms with E-state index in [0.29, 0.717) is 38.1 Å². The Morgan fingerprint density at radius 1 is 0.857 bits per heavy atom. The van der Waals surface area contributed by atoms with Crippen LogP contribution in [0.4, 0.5) is 11.4 Å². The van der Waals surface area contributed by atoms with Crippen molar-refractivity contribution in [2.45, 2.75) is 44.1 Å². The molecule has 1 amide bonds. The van der Waals surface area contributed by atoms with Gasteiger partial charge in [0.2, 0.25) is 5.91 Å². The number of benzene rings is 3. The molecule has 1 saturated heterocycles. The van der Waals surface area contributed by atoms with Crippen LogP contribution in [0.25, 0.3) is 0 Å². The number of esters is 2. The number of amides is 1. The van der Waals surface area contributed by atoms with Gasteiger partial charge in [0, 0.05) is 22.5 Å². The van der Waals surface area contributed by atoms with E-state index in [1.165, 1.54) is 7.11 Å². The predicted molar refractivity (Wildman–Crippen MR) is 165 cm³/mol. The quantitative estimate of drug-likeness (QED) is 0.182. The van der Waals surface area contributed by atoms with Gasteiger partial charge in [-0.3, -0.25) is 14.4 Å². The molecule has 1 aliphatic rings.